The van der Waals surface area contributed by atoms with Gasteiger partial charge in [-0.25, -0.2) is 0 Å². The smallest absolute Gasteiger partial charge is 0.309 e. The molecule has 3 nitrogen and oxygen atoms in total. The zero-order chi connectivity index (χ0) is 12.4. The van der Waals surface area contributed by atoms with E-state index in [0.717, 1.165) is 22.5 Å². The third-order valence-electron chi connectivity index (χ3n) is 2.96. The molecule has 1 aromatic carbocycles. The second-order valence-electron chi connectivity index (χ2n) is 4.15. The summed E-state index contributed by atoms with van der Waals surface area (Å²) in [7, 11) is 1.91. The first-order valence-electron chi connectivity index (χ1n) is 5.52. The Kier molecular flexibility index (Phi) is 3.00. The lowest BCUT2D eigenvalue weighted by atomic mass is 10.1. The van der Waals surface area contributed by atoms with Gasteiger partial charge in [0.2, 0.25) is 0 Å². The summed E-state index contributed by atoms with van der Waals surface area (Å²) < 4.78 is 1.96. The van der Waals surface area contributed by atoms with E-state index in [-0.39, 0.29) is 6.42 Å². The minimum Gasteiger partial charge on any atom is -0.481 e. The molecule has 2 aromatic rings. The molecule has 0 radical (unpaired) electrons. The van der Waals surface area contributed by atoms with Crippen LogP contribution in [0.1, 0.15) is 11.3 Å². The van der Waals surface area contributed by atoms with Crippen LogP contribution in [0.4, 0.5) is 0 Å². The zero-order valence-electron chi connectivity index (χ0n) is 9.97. The molecule has 0 fully saturated rings. The molecule has 0 bridgehead atoms. The SMILES string of the molecule is Cc1cc(-c2ccccc2)n(C)c1CC(=O)O. The molecule has 3 heteroatoms. The van der Waals surface area contributed by atoms with E-state index in [9.17, 15) is 4.79 Å². The molecule has 0 atom stereocenters. The molecule has 1 heterocycles. The van der Waals surface area contributed by atoms with Crippen molar-refractivity contribution in [3.63, 3.8) is 0 Å². The lowest BCUT2D eigenvalue weighted by Gasteiger charge is -2.06. The average Bonchev–Trinajstić information content (AvgIpc) is 2.58. The minimum atomic E-state index is -0.797. The molecule has 17 heavy (non-hydrogen) atoms. The second-order valence-corrected chi connectivity index (χ2v) is 4.15. The number of carbonyl (C=O) groups is 1. The number of aryl methyl sites for hydroxylation is 1. The third-order valence-corrected chi connectivity index (χ3v) is 2.96. The highest BCUT2D eigenvalue weighted by atomic mass is 16.4. The quantitative estimate of drug-likeness (QED) is 0.879. The van der Waals surface area contributed by atoms with Gasteiger partial charge in [-0.15, -0.1) is 0 Å². The van der Waals surface area contributed by atoms with Crippen molar-refractivity contribution in [1.82, 2.24) is 4.57 Å². The summed E-state index contributed by atoms with van der Waals surface area (Å²) in [6.45, 7) is 1.95. The van der Waals surface area contributed by atoms with Crippen LogP contribution in [0.5, 0.6) is 0 Å². The molecule has 0 aliphatic rings. The minimum absolute atomic E-state index is 0.0646. The van der Waals surface area contributed by atoms with Crippen molar-refractivity contribution in [3.05, 3.63) is 47.7 Å². The summed E-state index contributed by atoms with van der Waals surface area (Å²) in [5.74, 6) is -0.797. The van der Waals surface area contributed by atoms with Crippen molar-refractivity contribution < 1.29 is 9.90 Å². The van der Waals surface area contributed by atoms with Crippen LogP contribution >= 0.6 is 0 Å². The monoisotopic (exact) mass is 229 g/mol. The van der Waals surface area contributed by atoms with Gasteiger partial charge in [0.05, 0.1) is 6.42 Å². The first kappa shape index (κ1) is 11.5. The Balaban J connectivity index is 2.48. The number of hydrogen-bond donors (Lipinski definition) is 1. The molecule has 0 spiro atoms. The van der Waals surface area contributed by atoms with E-state index in [4.69, 9.17) is 5.11 Å². The maximum atomic E-state index is 10.8. The number of aromatic nitrogens is 1. The lowest BCUT2D eigenvalue weighted by Crippen LogP contribution is -2.07. The summed E-state index contributed by atoms with van der Waals surface area (Å²) in [5, 5.41) is 8.88. The van der Waals surface area contributed by atoms with Gasteiger partial charge in [0.15, 0.2) is 0 Å². The highest BCUT2D eigenvalue weighted by Gasteiger charge is 2.13. The predicted octanol–water partition coefficient (Wildman–Crippen LogP) is 2.63. The van der Waals surface area contributed by atoms with Crippen LogP contribution in [0.15, 0.2) is 36.4 Å². The number of carboxylic acid groups (broad SMARTS) is 1. The lowest BCUT2D eigenvalue weighted by molar-refractivity contribution is -0.136. The fourth-order valence-corrected chi connectivity index (χ4v) is 2.08. The molecule has 0 amide bonds. The fourth-order valence-electron chi connectivity index (χ4n) is 2.08. The van der Waals surface area contributed by atoms with E-state index in [1.807, 2.05) is 54.9 Å². The Morgan fingerprint density at radius 2 is 1.94 bits per heavy atom. The van der Waals surface area contributed by atoms with Gasteiger partial charge in [-0.1, -0.05) is 30.3 Å². The topological polar surface area (TPSA) is 42.2 Å². The maximum absolute atomic E-state index is 10.8. The highest BCUT2D eigenvalue weighted by molar-refractivity contribution is 5.72. The van der Waals surface area contributed by atoms with Gasteiger partial charge < -0.3 is 9.67 Å². The number of benzene rings is 1. The first-order valence-corrected chi connectivity index (χ1v) is 5.52. The third kappa shape index (κ3) is 2.23. The van der Waals surface area contributed by atoms with Crippen molar-refractivity contribution in [1.29, 1.82) is 0 Å². The van der Waals surface area contributed by atoms with Crippen molar-refractivity contribution >= 4 is 5.97 Å². The zero-order valence-corrected chi connectivity index (χ0v) is 9.97. The van der Waals surface area contributed by atoms with E-state index < -0.39 is 5.97 Å². The van der Waals surface area contributed by atoms with Gasteiger partial charge in [-0.2, -0.15) is 0 Å². The molecule has 0 unspecified atom stereocenters. The van der Waals surface area contributed by atoms with Crippen molar-refractivity contribution in [3.8, 4) is 11.3 Å². The van der Waals surface area contributed by atoms with Crippen LogP contribution in [0, 0.1) is 6.92 Å². The second kappa shape index (κ2) is 4.45. The molecule has 0 saturated heterocycles. The molecular formula is C14H15NO2. The summed E-state index contributed by atoms with van der Waals surface area (Å²) in [5.41, 5.74) is 4.04. The van der Waals surface area contributed by atoms with E-state index >= 15 is 0 Å². The van der Waals surface area contributed by atoms with Crippen LogP contribution in [-0.2, 0) is 18.3 Å². The van der Waals surface area contributed by atoms with Gasteiger partial charge in [0.1, 0.15) is 0 Å². The summed E-state index contributed by atoms with van der Waals surface area (Å²) in [6.07, 6.45) is 0.0646. The Labute approximate surface area is 100 Å². The van der Waals surface area contributed by atoms with Gasteiger partial charge in [0.25, 0.3) is 0 Å². The molecule has 2 rings (SSSR count). The first-order chi connectivity index (χ1) is 8.09. The summed E-state index contributed by atoms with van der Waals surface area (Å²) in [4.78, 5) is 10.8. The largest absolute Gasteiger partial charge is 0.481 e. The van der Waals surface area contributed by atoms with Crippen LogP contribution in [0.25, 0.3) is 11.3 Å². The Morgan fingerprint density at radius 3 is 2.53 bits per heavy atom. The van der Waals surface area contributed by atoms with Crippen LogP contribution < -0.4 is 0 Å². The molecule has 1 aromatic heterocycles. The Bertz CT molecular complexity index is 541. The van der Waals surface area contributed by atoms with Gasteiger partial charge >= 0.3 is 5.97 Å². The van der Waals surface area contributed by atoms with E-state index in [0.29, 0.717) is 0 Å². The highest BCUT2D eigenvalue weighted by Crippen LogP contribution is 2.24. The summed E-state index contributed by atoms with van der Waals surface area (Å²) >= 11 is 0. The van der Waals surface area contributed by atoms with Crippen LogP contribution in [0.3, 0.4) is 0 Å². The Hall–Kier alpha value is -2.03. The number of aliphatic carboxylic acids is 1. The predicted molar refractivity (Wildman–Crippen MR) is 66.9 cm³/mol. The van der Waals surface area contributed by atoms with Gasteiger partial charge in [-0.3, -0.25) is 4.79 Å². The number of rotatable bonds is 3. The number of carboxylic acids is 1. The van der Waals surface area contributed by atoms with Crippen LogP contribution in [0.2, 0.25) is 0 Å². The van der Waals surface area contributed by atoms with Crippen molar-refractivity contribution in [2.45, 2.75) is 13.3 Å². The normalized spacial score (nSPS) is 10.5. The van der Waals surface area contributed by atoms with E-state index in [1.54, 1.807) is 0 Å². The fraction of sp³-hybridized carbons (Fsp3) is 0.214. The van der Waals surface area contributed by atoms with E-state index in [2.05, 4.69) is 0 Å². The molecule has 0 aliphatic carbocycles. The molecule has 88 valence electrons. The van der Waals surface area contributed by atoms with Crippen LogP contribution in [-0.4, -0.2) is 15.6 Å². The standard InChI is InChI=1S/C14H15NO2/c1-10-8-13(11-6-4-3-5-7-11)15(2)12(10)9-14(16)17/h3-8H,9H2,1-2H3,(H,16,17). The molecule has 1 N–H and O–H groups in total. The van der Waals surface area contributed by atoms with Crippen molar-refractivity contribution in [2.24, 2.45) is 7.05 Å². The summed E-state index contributed by atoms with van der Waals surface area (Å²) in [6, 6.07) is 12.0. The number of hydrogen-bond acceptors (Lipinski definition) is 1. The van der Waals surface area contributed by atoms with E-state index in [1.165, 1.54) is 0 Å². The molecular weight excluding hydrogens is 214 g/mol. The number of nitrogens with zero attached hydrogens (tertiary/aromatic N) is 1. The molecule has 0 aliphatic heterocycles. The van der Waals surface area contributed by atoms with Crippen molar-refractivity contribution in [2.75, 3.05) is 0 Å². The molecule has 0 saturated carbocycles. The Morgan fingerprint density at radius 1 is 1.29 bits per heavy atom. The van der Waals surface area contributed by atoms with Gasteiger partial charge in [-0.05, 0) is 24.1 Å². The van der Waals surface area contributed by atoms with Gasteiger partial charge in [0, 0.05) is 18.4 Å². The maximum Gasteiger partial charge on any atom is 0.309 e. The average molecular weight is 229 g/mol.